The average Bonchev–Trinajstić information content (AvgIpc) is 3.03. The van der Waals surface area contributed by atoms with E-state index in [1.165, 1.54) is 10.5 Å². The van der Waals surface area contributed by atoms with E-state index < -0.39 is 5.54 Å². The van der Waals surface area contributed by atoms with E-state index >= 15 is 0 Å². The van der Waals surface area contributed by atoms with Crippen molar-refractivity contribution in [2.24, 2.45) is 10.7 Å². The minimum absolute atomic E-state index is 0.0279. The molecule has 0 aliphatic carbocycles. The van der Waals surface area contributed by atoms with Gasteiger partial charge in [0.05, 0.1) is 30.2 Å². The Labute approximate surface area is 151 Å². The fourth-order valence-corrected chi connectivity index (χ4v) is 3.38. The number of nitrogens with zero attached hydrogens (tertiary/aromatic N) is 4. The standard InChI is InChI=1S/C20H21N5O/c1-20(11-18(26)24(2)19(21)23-20)16-8-9-17-15(10-16)12-22-25(17)13-14-6-4-3-5-7-14/h3-10,12H,11,13H2,1-2H3,(H2,21,23)/t20-/m0/s1. The van der Waals surface area contributed by atoms with Gasteiger partial charge in [-0.25, -0.2) is 4.99 Å². The number of hydrogen-bond acceptors (Lipinski definition) is 4. The maximum atomic E-state index is 12.2. The van der Waals surface area contributed by atoms with Crippen LogP contribution in [0.2, 0.25) is 0 Å². The Balaban J connectivity index is 1.70. The zero-order chi connectivity index (χ0) is 18.3. The monoisotopic (exact) mass is 347 g/mol. The predicted octanol–water partition coefficient (Wildman–Crippen LogP) is 2.48. The van der Waals surface area contributed by atoms with E-state index in [4.69, 9.17) is 5.73 Å². The molecule has 2 aromatic carbocycles. The Morgan fingerprint density at radius 1 is 1.19 bits per heavy atom. The lowest BCUT2D eigenvalue weighted by Crippen LogP contribution is -2.47. The van der Waals surface area contributed by atoms with Crippen molar-refractivity contribution in [3.63, 3.8) is 0 Å². The first-order chi connectivity index (χ1) is 12.5. The lowest BCUT2D eigenvalue weighted by molar-refractivity contribution is -0.128. The zero-order valence-electron chi connectivity index (χ0n) is 14.9. The van der Waals surface area contributed by atoms with Crippen molar-refractivity contribution in [2.45, 2.75) is 25.4 Å². The van der Waals surface area contributed by atoms with Crippen LogP contribution in [0.3, 0.4) is 0 Å². The van der Waals surface area contributed by atoms with E-state index in [-0.39, 0.29) is 11.9 Å². The van der Waals surface area contributed by atoms with E-state index in [0.717, 1.165) is 23.0 Å². The summed E-state index contributed by atoms with van der Waals surface area (Å²) in [6.45, 7) is 2.66. The number of fused-ring (bicyclic) bond motifs is 1. The molecule has 1 amide bonds. The Hall–Kier alpha value is -3.15. The number of aromatic nitrogens is 2. The fourth-order valence-electron chi connectivity index (χ4n) is 3.38. The summed E-state index contributed by atoms with van der Waals surface area (Å²) in [4.78, 5) is 18.2. The second-order valence-electron chi connectivity index (χ2n) is 6.93. The molecule has 6 heteroatoms. The van der Waals surface area contributed by atoms with Crippen LogP contribution in [0.5, 0.6) is 0 Å². The van der Waals surface area contributed by atoms with E-state index in [2.05, 4.69) is 28.3 Å². The fraction of sp³-hybridized carbons (Fsp3) is 0.250. The Morgan fingerprint density at radius 2 is 1.96 bits per heavy atom. The number of carbonyl (C=O) groups is 1. The second kappa shape index (κ2) is 5.98. The molecular weight excluding hydrogens is 326 g/mol. The van der Waals surface area contributed by atoms with Crippen LogP contribution in [0, 0.1) is 0 Å². The quantitative estimate of drug-likeness (QED) is 0.791. The Kier molecular flexibility index (Phi) is 3.76. The molecule has 2 N–H and O–H groups in total. The van der Waals surface area contributed by atoms with Crippen molar-refractivity contribution in [3.05, 3.63) is 65.9 Å². The van der Waals surface area contributed by atoms with Crippen LogP contribution in [0.15, 0.2) is 59.7 Å². The van der Waals surface area contributed by atoms with Crippen LogP contribution in [-0.4, -0.2) is 33.6 Å². The molecule has 1 aliphatic rings. The largest absolute Gasteiger partial charge is 0.369 e. The summed E-state index contributed by atoms with van der Waals surface area (Å²) in [6.07, 6.45) is 2.16. The molecular formula is C20H21N5O. The zero-order valence-corrected chi connectivity index (χ0v) is 14.9. The van der Waals surface area contributed by atoms with Gasteiger partial charge in [-0.15, -0.1) is 0 Å². The van der Waals surface area contributed by atoms with Crippen molar-refractivity contribution < 1.29 is 4.79 Å². The second-order valence-corrected chi connectivity index (χ2v) is 6.93. The van der Waals surface area contributed by atoms with Gasteiger partial charge in [-0.3, -0.25) is 14.4 Å². The summed E-state index contributed by atoms with van der Waals surface area (Å²) in [5.74, 6) is 0.225. The number of guanidine groups is 1. The molecule has 0 fully saturated rings. The van der Waals surface area contributed by atoms with E-state index in [0.29, 0.717) is 6.42 Å². The molecule has 0 bridgehead atoms. The first-order valence-corrected chi connectivity index (χ1v) is 8.58. The van der Waals surface area contributed by atoms with E-state index in [1.807, 2.05) is 48.1 Å². The van der Waals surface area contributed by atoms with Gasteiger partial charge in [-0.05, 0) is 30.2 Å². The molecule has 0 saturated heterocycles. The van der Waals surface area contributed by atoms with Crippen molar-refractivity contribution in [3.8, 4) is 0 Å². The number of aliphatic imine (C=N–C) groups is 1. The van der Waals surface area contributed by atoms with Crippen LogP contribution in [0.4, 0.5) is 0 Å². The van der Waals surface area contributed by atoms with Crippen LogP contribution >= 0.6 is 0 Å². The molecule has 2 heterocycles. The van der Waals surface area contributed by atoms with Gasteiger partial charge in [-0.1, -0.05) is 36.4 Å². The highest BCUT2D eigenvalue weighted by Crippen LogP contribution is 2.34. The van der Waals surface area contributed by atoms with Gasteiger partial charge in [0.2, 0.25) is 5.91 Å². The summed E-state index contributed by atoms with van der Waals surface area (Å²) >= 11 is 0. The molecule has 1 aliphatic heterocycles. The smallest absolute Gasteiger partial charge is 0.231 e. The first kappa shape index (κ1) is 16.3. The maximum Gasteiger partial charge on any atom is 0.231 e. The van der Waals surface area contributed by atoms with Crippen molar-refractivity contribution in [1.29, 1.82) is 0 Å². The van der Waals surface area contributed by atoms with Gasteiger partial charge in [0.1, 0.15) is 0 Å². The summed E-state index contributed by atoms with van der Waals surface area (Å²) < 4.78 is 1.98. The highest BCUT2D eigenvalue weighted by atomic mass is 16.2. The van der Waals surface area contributed by atoms with Gasteiger partial charge >= 0.3 is 0 Å². The van der Waals surface area contributed by atoms with Gasteiger partial charge < -0.3 is 5.73 Å². The minimum Gasteiger partial charge on any atom is -0.369 e. The normalized spacial score (nSPS) is 20.5. The third kappa shape index (κ3) is 2.73. The summed E-state index contributed by atoms with van der Waals surface area (Å²) in [7, 11) is 1.65. The Bertz CT molecular complexity index is 1010. The molecule has 0 saturated carbocycles. The van der Waals surface area contributed by atoms with Crippen LogP contribution in [0.25, 0.3) is 10.9 Å². The summed E-state index contributed by atoms with van der Waals surface area (Å²) in [5.41, 5.74) is 8.49. The lowest BCUT2D eigenvalue weighted by atomic mass is 9.87. The van der Waals surface area contributed by atoms with Crippen LogP contribution < -0.4 is 5.73 Å². The highest BCUT2D eigenvalue weighted by Gasteiger charge is 2.36. The SMILES string of the molecule is CN1C(=O)C[C@@](C)(c2ccc3c(cnn3Cc3ccccc3)c2)N=C1N. The maximum absolute atomic E-state index is 12.2. The third-order valence-corrected chi connectivity index (χ3v) is 5.01. The molecule has 0 radical (unpaired) electrons. The topological polar surface area (TPSA) is 76.5 Å². The number of amides is 1. The van der Waals surface area contributed by atoms with Crippen LogP contribution in [0.1, 0.15) is 24.5 Å². The lowest BCUT2D eigenvalue weighted by Gasteiger charge is -2.33. The molecule has 0 unspecified atom stereocenters. The van der Waals surface area contributed by atoms with E-state index in [9.17, 15) is 4.79 Å². The van der Waals surface area contributed by atoms with Crippen molar-refractivity contribution in [2.75, 3.05) is 7.05 Å². The van der Waals surface area contributed by atoms with Gasteiger partial charge in [0.15, 0.2) is 5.96 Å². The highest BCUT2D eigenvalue weighted by molar-refractivity contribution is 5.99. The first-order valence-electron chi connectivity index (χ1n) is 8.58. The number of nitrogens with two attached hydrogens (primary N) is 1. The molecule has 4 rings (SSSR count). The Morgan fingerprint density at radius 3 is 2.69 bits per heavy atom. The van der Waals surface area contributed by atoms with Crippen molar-refractivity contribution in [1.82, 2.24) is 14.7 Å². The van der Waals surface area contributed by atoms with Gasteiger partial charge in [0, 0.05) is 12.4 Å². The molecule has 0 spiro atoms. The number of rotatable bonds is 3. The molecule has 3 aromatic rings. The molecule has 1 aromatic heterocycles. The number of benzene rings is 2. The number of hydrogen-bond donors (Lipinski definition) is 1. The average molecular weight is 347 g/mol. The summed E-state index contributed by atoms with van der Waals surface area (Å²) in [5, 5.41) is 5.55. The third-order valence-electron chi connectivity index (χ3n) is 5.01. The van der Waals surface area contributed by atoms with Crippen molar-refractivity contribution >= 4 is 22.8 Å². The molecule has 6 nitrogen and oxygen atoms in total. The summed E-state index contributed by atoms with van der Waals surface area (Å²) in [6, 6.07) is 16.3. The number of carbonyl (C=O) groups excluding carboxylic acids is 1. The minimum atomic E-state index is -0.649. The molecule has 1 atom stereocenters. The van der Waals surface area contributed by atoms with Crippen LogP contribution in [-0.2, 0) is 16.9 Å². The van der Waals surface area contributed by atoms with Gasteiger partial charge in [0.25, 0.3) is 0 Å². The molecule has 26 heavy (non-hydrogen) atoms. The predicted molar refractivity (Wildman–Crippen MR) is 102 cm³/mol. The molecule has 132 valence electrons. The van der Waals surface area contributed by atoms with Gasteiger partial charge in [-0.2, -0.15) is 5.10 Å². The van der Waals surface area contributed by atoms with E-state index in [1.54, 1.807) is 7.05 Å².